The van der Waals surface area contributed by atoms with Crippen LogP contribution in [-0.4, -0.2) is 43.8 Å². The summed E-state index contributed by atoms with van der Waals surface area (Å²) in [5, 5.41) is 24.1. The molecule has 0 fully saturated rings. The Kier molecular flexibility index (Phi) is 7.15. The first-order valence-corrected chi connectivity index (χ1v) is 11.0. The minimum absolute atomic E-state index is 0.0391. The zero-order valence-corrected chi connectivity index (χ0v) is 19.5. The van der Waals surface area contributed by atoms with Gasteiger partial charge in [-0.05, 0) is 23.6 Å². The number of phenols is 2. The van der Waals surface area contributed by atoms with Crippen LogP contribution in [0.25, 0.3) is 11.0 Å². The second-order valence-corrected chi connectivity index (χ2v) is 9.69. The van der Waals surface area contributed by atoms with Gasteiger partial charge >= 0.3 is 5.97 Å². The summed E-state index contributed by atoms with van der Waals surface area (Å²) in [6, 6.07) is 4.68. The molecule has 1 aromatic carbocycles. The minimum atomic E-state index is -0.440. The third-order valence-electron chi connectivity index (χ3n) is 4.62. The van der Waals surface area contributed by atoms with Crippen molar-refractivity contribution in [2.45, 2.75) is 50.9 Å². The first-order valence-electron chi connectivity index (χ1n) is 10.2. The van der Waals surface area contributed by atoms with Crippen LogP contribution in [0.15, 0.2) is 34.4 Å². The quantitative estimate of drug-likeness (QED) is 0.227. The van der Waals surface area contributed by atoms with Crippen LogP contribution in [0.2, 0.25) is 0 Å². The Morgan fingerprint density at radius 3 is 2.69 bits per heavy atom. The highest BCUT2D eigenvalue weighted by atomic mass is 32.2. The van der Waals surface area contributed by atoms with Gasteiger partial charge in [-0.1, -0.05) is 32.5 Å². The number of fused-ring (bicyclic) bond motifs is 1. The Bertz CT molecular complexity index is 1120. The van der Waals surface area contributed by atoms with Crippen molar-refractivity contribution in [2.75, 3.05) is 18.8 Å². The number of nitrogens with one attached hydrogen (secondary N) is 1. The summed E-state index contributed by atoms with van der Waals surface area (Å²) < 4.78 is 7.14. The molecule has 0 unspecified atom stereocenters. The standard InChI is InChI=1S/C22H29N5O4S/c1-13(28)31-11-14-9-16(29)17(30)10-18(14)32-21-26-19-15(5-6-25-20(19)23)27(21)8-7-24-12-22(2,3)4/h5-6,9-10,24,29-30H,7-8,11-12H2,1-4H3,(H2,23,25). The molecule has 0 saturated carbocycles. The van der Waals surface area contributed by atoms with Gasteiger partial charge in [0.15, 0.2) is 22.5 Å². The third kappa shape index (κ3) is 5.83. The van der Waals surface area contributed by atoms with Gasteiger partial charge in [-0.25, -0.2) is 9.97 Å². The number of imidazole rings is 1. The number of carbonyl (C=O) groups excluding carboxylic acids is 1. The van der Waals surface area contributed by atoms with Gasteiger partial charge in [0.1, 0.15) is 12.1 Å². The SMILES string of the molecule is CC(=O)OCc1cc(O)c(O)cc1Sc1nc2c(N)nccc2n1CCNCC(C)(C)C. The van der Waals surface area contributed by atoms with Crippen LogP contribution in [0.3, 0.4) is 0 Å². The van der Waals surface area contributed by atoms with Crippen molar-refractivity contribution >= 4 is 34.6 Å². The number of benzene rings is 1. The molecule has 0 aliphatic rings. The summed E-state index contributed by atoms with van der Waals surface area (Å²) in [7, 11) is 0. The molecular weight excluding hydrogens is 430 g/mol. The highest BCUT2D eigenvalue weighted by molar-refractivity contribution is 7.99. The van der Waals surface area contributed by atoms with Gasteiger partial charge in [0.2, 0.25) is 0 Å². The first-order chi connectivity index (χ1) is 15.0. The van der Waals surface area contributed by atoms with E-state index >= 15 is 0 Å². The number of esters is 1. The maximum absolute atomic E-state index is 11.3. The average molecular weight is 460 g/mol. The number of pyridine rings is 1. The Morgan fingerprint density at radius 1 is 1.28 bits per heavy atom. The lowest BCUT2D eigenvalue weighted by molar-refractivity contribution is -0.142. The molecule has 0 bridgehead atoms. The number of hydrogen-bond donors (Lipinski definition) is 4. The highest BCUT2D eigenvalue weighted by Crippen LogP contribution is 2.38. The van der Waals surface area contributed by atoms with Crippen molar-refractivity contribution in [1.29, 1.82) is 0 Å². The van der Waals surface area contributed by atoms with Crippen LogP contribution in [0, 0.1) is 5.41 Å². The number of ether oxygens (including phenoxy) is 1. The molecule has 10 heteroatoms. The lowest BCUT2D eigenvalue weighted by Crippen LogP contribution is -2.29. The number of rotatable bonds is 8. The largest absolute Gasteiger partial charge is 0.504 e. The predicted molar refractivity (Wildman–Crippen MR) is 124 cm³/mol. The summed E-state index contributed by atoms with van der Waals surface area (Å²) in [6.07, 6.45) is 1.64. The monoisotopic (exact) mass is 459 g/mol. The van der Waals surface area contributed by atoms with Gasteiger partial charge in [0.25, 0.3) is 0 Å². The second-order valence-electron chi connectivity index (χ2n) is 8.68. The summed E-state index contributed by atoms with van der Waals surface area (Å²) in [4.78, 5) is 20.7. The molecule has 3 aromatic rings. The number of nitrogen functional groups attached to an aromatic ring is 1. The first kappa shape index (κ1) is 23.7. The van der Waals surface area contributed by atoms with Crippen LogP contribution in [-0.2, 0) is 22.7 Å². The molecule has 0 aliphatic carbocycles. The fraction of sp³-hybridized carbons (Fsp3) is 0.409. The smallest absolute Gasteiger partial charge is 0.302 e. The fourth-order valence-electron chi connectivity index (χ4n) is 3.09. The summed E-state index contributed by atoms with van der Waals surface area (Å²) in [5.41, 5.74) is 8.22. The molecule has 9 nitrogen and oxygen atoms in total. The number of phenolic OH excluding ortho intramolecular Hbond substituents is 2. The van der Waals surface area contributed by atoms with Crippen molar-refractivity contribution in [2.24, 2.45) is 5.41 Å². The highest BCUT2D eigenvalue weighted by Gasteiger charge is 2.18. The molecule has 0 amide bonds. The second kappa shape index (κ2) is 9.66. The number of nitrogens with two attached hydrogens (primary N) is 1. The van der Waals surface area contributed by atoms with Crippen LogP contribution < -0.4 is 11.1 Å². The Hall–Kier alpha value is -2.98. The van der Waals surface area contributed by atoms with Crippen molar-refractivity contribution in [3.05, 3.63) is 30.0 Å². The van der Waals surface area contributed by atoms with E-state index in [1.807, 2.05) is 10.6 Å². The molecular formula is C22H29N5O4S. The van der Waals surface area contributed by atoms with E-state index in [1.54, 1.807) is 6.20 Å². The lowest BCUT2D eigenvalue weighted by atomic mass is 9.97. The van der Waals surface area contributed by atoms with E-state index in [2.05, 4.69) is 36.1 Å². The van der Waals surface area contributed by atoms with E-state index in [4.69, 9.17) is 10.5 Å². The molecule has 0 atom stereocenters. The number of aromatic nitrogens is 3. The number of anilines is 1. The molecule has 0 spiro atoms. The zero-order chi connectivity index (χ0) is 23.5. The predicted octanol–water partition coefficient (Wildman–Crippen LogP) is 3.27. The molecule has 0 aliphatic heterocycles. The van der Waals surface area contributed by atoms with Gasteiger partial charge in [0.05, 0.1) is 5.52 Å². The van der Waals surface area contributed by atoms with Gasteiger partial charge in [0, 0.05) is 43.2 Å². The van der Waals surface area contributed by atoms with Crippen molar-refractivity contribution in [3.63, 3.8) is 0 Å². The van der Waals surface area contributed by atoms with Crippen molar-refractivity contribution < 1.29 is 19.7 Å². The molecule has 0 radical (unpaired) electrons. The molecule has 3 rings (SSSR count). The maximum Gasteiger partial charge on any atom is 0.302 e. The zero-order valence-electron chi connectivity index (χ0n) is 18.7. The minimum Gasteiger partial charge on any atom is -0.504 e. The number of nitrogens with zero attached hydrogens (tertiary/aromatic N) is 3. The third-order valence-corrected chi connectivity index (χ3v) is 5.71. The molecule has 5 N–H and O–H groups in total. The molecule has 32 heavy (non-hydrogen) atoms. The van der Waals surface area contributed by atoms with Crippen LogP contribution in [0.4, 0.5) is 5.82 Å². The molecule has 0 saturated heterocycles. The molecule has 2 aromatic heterocycles. The normalized spacial score (nSPS) is 11.8. The van der Waals surface area contributed by atoms with Gasteiger partial charge in [-0.2, -0.15) is 0 Å². The lowest BCUT2D eigenvalue weighted by Gasteiger charge is -2.19. The fourth-order valence-corrected chi connectivity index (χ4v) is 4.14. The summed E-state index contributed by atoms with van der Waals surface area (Å²) in [6.45, 7) is 10.0. The maximum atomic E-state index is 11.3. The van der Waals surface area contributed by atoms with E-state index < -0.39 is 5.97 Å². The molecule has 2 heterocycles. The van der Waals surface area contributed by atoms with Crippen LogP contribution >= 0.6 is 11.8 Å². The van der Waals surface area contributed by atoms with E-state index in [1.165, 1.54) is 30.8 Å². The summed E-state index contributed by atoms with van der Waals surface area (Å²) in [5.74, 6) is -0.663. The van der Waals surface area contributed by atoms with Crippen molar-refractivity contribution in [3.8, 4) is 11.5 Å². The van der Waals surface area contributed by atoms with E-state index in [0.717, 1.165) is 18.6 Å². The number of aromatic hydroxyl groups is 2. The summed E-state index contributed by atoms with van der Waals surface area (Å²) >= 11 is 1.29. The van der Waals surface area contributed by atoms with Gasteiger partial charge < -0.3 is 30.6 Å². The Balaban J connectivity index is 1.95. The van der Waals surface area contributed by atoms with Crippen LogP contribution in [0.5, 0.6) is 11.5 Å². The van der Waals surface area contributed by atoms with E-state index in [-0.39, 0.29) is 23.5 Å². The topological polar surface area (TPSA) is 136 Å². The van der Waals surface area contributed by atoms with Gasteiger partial charge in [-0.3, -0.25) is 4.79 Å². The number of hydrogen-bond acceptors (Lipinski definition) is 9. The van der Waals surface area contributed by atoms with Crippen molar-refractivity contribution in [1.82, 2.24) is 19.9 Å². The average Bonchev–Trinajstić information content (AvgIpc) is 3.04. The van der Waals surface area contributed by atoms with Crippen LogP contribution in [0.1, 0.15) is 33.3 Å². The Labute approximate surface area is 191 Å². The van der Waals surface area contributed by atoms with E-state index in [0.29, 0.717) is 33.5 Å². The van der Waals surface area contributed by atoms with E-state index in [9.17, 15) is 15.0 Å². The van der Waals surface area contributed by atoms with Gasteiger partial charge in [-0.15, -0.1) is 0 Å². The Morgan fingerprint density at radius 2 is 2.00 bits per heavy atom. The molecule has 172 valence electrons. The number of carbonyl (C=O) groups is 1.